The van der Waals surface area contributed by atoms with Crippen LogP contribution in [0.25, 0.3) is 0 Å². The van der Waals surface area contributed by atoms with Crippen LogP contribution in [0.3, 0.4) is 0 Å². The highest BCUT2D eigenvalue weighted by molar-refractivity contribution is 6.67. The van der Waals surface area contributed by atoms with Gasteiger partial charge in [-0.15, -0.1) is 0 Å². The van der Waals surface area contributed by atoms with E-state index in [1.165, 1.54) is 68.4 Å². The van der Waals surface area contributed by atoms with Gasteiger partial charge in [-0.1, -0.05) is 30.3 Å². The van der Waals surface area contributed by atoms with Crippen LogP contribution in [0.2, 0.25) is 0 Å². The van der Waals surface area contributed by atoms with Crippen LogP contribution in [0.15, 0.2) is 146 Å². The van der Waals surface area contributed by atoms with Gasteiger partial charge in [-0.2, -0.15) is 0 Å². The van der Waals surface area contributed by atoms with Gasteiger partial charge in [0.25, 0.3) is 28.4 Å². The molecule has 0 spiro atoms. The lowest BCUT2D eigenvalue weighted by molar-refractivity contribution is -0.385. The van der Waals surface area contributed by atoms with Gasteiger partial charge in [-0.3, -0.25) is 39.5 Å². The summed E-state index contributed by atoms with van der Waals surface area (Å²) >= 11 is 5.29. The minimum Gasteiger partial charge on any atom is -0.493 e. The average Bonchev–Trinajstić information content (AvgIpc) is 0.831. The molecule has 0 aromatic heterocycles. The van der Waals surface area contributed by atoms with E-state index in [-0.39, 0.29) is 28.1 Å². The molecule has 96 heavy (non-hydrogen) atoms. The first-order chi connectivity index (χ1) is 46.3. The number of methoxy groups -OCH3 is 8. The van der Waals surface area contributed by atoms with Gasteiger partial charge in [0.1, 0.15) is 0 Å². The van der Waals surface area contributed by atoms with Crippen LogP contribution >= 0.6 is 11.6 Å². The third-order valence-electron chi connectivity index (χ3n) is 16.6. The lowest BCUT2D eigenvalue weighted by Crippen LogP contribution is -2.36. The van der Waals surface area contributed by atoms with Crippen molar-refractivity contribution >= 4 is 51.4 Å². The van der Waals surface area contributed by atoms with Crippen LogP contribution < -0.4 is 54.7 Å². The maximum atomic E-state index is 12.8. The Balaban J connectivity index is 0.000000157. The van der Waals surface area contributed by atoms with Crippen molar-refractivity contribution in [2.24, 2.45) is 0 Å². The summed E-state index contributed by atoms with van der Waals surface area (Å²) in [5.41, 5.74) is 25.5. The first-order valence-corrected chi connectivity index (χ1v) is 31.0. The summed E-state index contributed by atoms with van der Waals surface area (Å²) in [5.74, 6) is 4.67. The summed E-state index contributed by atoms with van der Waals surface area (Å²) < 4.78 is 41.6. The molecule has 12 rings (SSSR count). The van der Waals surface area contributed by atoms with E-state index >= 15 is 0 Å². The molecule has 0 unspecified atom stereocenters. The van der Waals surface area contributed by atoms with Crippen molar-refractivity contribution in [3.63, 3.8) is 0 Å². The summed E-state index contributed by atoms with van der Waals surface area (Å²) in [7, 11) is 12.5. The second kappa shape index (κ2) is 34.0. The number of hydrogen-bond acceptors (Lipinski definition) is 19. The molecule has 4 aliphatic rings. The number of ether oxygens (including phenoxy) is 8. The maximum absolute atomic E-state index is 12.8. The van der Waals surface area contributed by atoms with Crippen molar-refractivity contribution in [1.29, 1.82) is 0 Å². The number of rotatable bonds is 15. The molecule has 2 amide bonds. The van der Waals surface area contributed by atoms with E-state index < -0.39 is 10.2 Å². The van der Waals surface area contributed by atoms with Crippen molar-refractivity contribution in [2.45, 2.75) is 58.4 Å². The second-order valence-corrected chi connectivity index (χ2v) is 22.8. The second-order valence-electron chi connectivity index (χ2n) is 22.5. The van der Waals surface area contributed by atoms with Gasteiger partial charge in [-0.05, 0) is 185 Å². The summed E-state index contributed by atoms with van der Waals surface area (Å²) in [6.07, 6.45) is 3.55. The lowest BCUT2D eigenvalue weighted by Gasteiger charge is -2.29. The van der Waals surface area contributed by atoms with E-state index in [1.807, 2.05) is 47.4 Å². The van der Waals surface area contributed by atoms with Crippen LogP contribution in [0, 0.1) is 20.2 Å². The fraction of sp³-hybridized carbons (Fsp3) is 0.292. The third-order valence-corrected chi connectivity index (χ3v) is 16.8. The molecule has 4 heterocycles. The molecule has 0 saturated heterocycles. The normalized spacial score (nSPS) is 13.3. The molecule has 0 aliphatic carbocycles. The molecule has 5 N–H and O–H groups in total. The topological polar surface area (TPSA) is 285 Å². The number of nitrogens with zero attached hydrogens (tertiary/aromatic N) is 5. The minimum atomic E-state index is -0.513. The van der Waals surface area contributed by atoms with Crippen LogP contribution in [0.4, 0.5) is 22.7 Å². The number of non-ortho nitro benzene ring substituents is 2. The van der Waals surface area contributed by atoms with E-state index in [0.29, 0.717) is 83.8 Å². The number of nitro benzene ring substituents is 2. The maximum Gasteiger partial charge on any atom is 0.269 e. The Morgan fingerprint density at radius 3 is 1.25 bits per heavy atom. The predicted molar refractivity (Wildman–Crippen MR) is 366 cm³/mol. The molecule has 504 valence electrons. The molecule has 8 aromatic rings. The third kappa shape index (κ3) is 18.4. The van der Waals surface area contributed by atoms with Crippen molar-refractivity contribution in [2.75, 3.05) is 94.5 Å². The molecule has 24 heteroatoms. The highest BCUT2D eigenvalue weighted by atomic mass is 35.5. The van der Waals surface area contributed by atoms with Gasteiger partial charge in [0.05, 0.1) is 66.7 Å². The molecule has 0 radical (unpaired) electrons. The van der Waals surface area contributed by atoms with Gasteiger partial charge >= 0.3 is 0 Å². The number of nitrogens with one attached hydrogen (secondary N) is 1. The largest absolute Gasteiger partial charge is 0.493 e. The number of nitrogen functional groups attached to an aromatic ring is 2. The number of anilines is 2. The Morgan fingerprint density at radius 2 is 0.802 bits per heavy atom. The Morgan fingerprint density at radius 1 is 0.427 bits per heavy atom. The molecule has 4 aliphatic heterocycles. The zero-order chi connectivity index (χ0) is 69.0. The number of carbonyl (C=O) groups is 3. The molecular formula is C72H79ClN8O15. The van der Waals surface area contributed by atoms with E-state index in [1.54, 1.807) is 106 Å². The van der Waals surface area contributed by atoms with Gasteiger partial charge in [0, 0.05) is 105 Å². The number of hydrogen-bond donors (Lipinski definition) is 3. The molecule has 8 aromatic carbocycles. The van der Waals surface area contributed by atoms with Gasteiger partial charge in [-0.25, -0.2) is 0 Å². The Hall–Kier alpha value is -10.6. The molecule has 0 atom stereocenters. The van der Waals surface area contributed by atoms with Crippen molar-refractivity contribution in [3.8, 4) is 46.0 Å². The fourth-order valence-electron chi connectivity index (χ4n) is 11.4. The lowest BCUT2D eigenvalue weighted by atomic mass is 9.98. The SMILES string of the molecule is COc1ccc(C(=O)Cl)cc1OC.COc1ccc(C(=O)N2CCc3ccc(N)cc3C2)cc1OC.COc1ccc(C(=O)N2CCc3ccc([N+](=O)[O-])cc3C2)cc1OC.COc1ccc(CN2CCc3ccc(N)cc3C2)cc1OC.O=[N+]([O-])c1ccc2c(c1)CNCC2. The number of halogens is 1. The summed E-state index contributed by atoms with van der Waals surface area (Å²) in [6.45, 7) is 6.80. The molecule has 0 saturated carbocycles. The van der Waals surface area contributed by atoms with Crippen LogP contribution in [0.1, 0.15) is 81.1 Å². The number of benzene rings is 8. The molecule has 0 fully saturated rings. The minimum absolute atomic E-state index is 0.0148. The Labute approximate surface area is 562 Å². The fourth-order valence-corrected chi connectivity index (χ4v) is 11.5. The van der Waals surface area contributed by atoms with Gasteiger partial charge in [0.2, 0.25) is 0 Å². The van der Waals surface area contributed by atoms with E-state index in [4.69, 9.17) is 61.0 Å². The van der Waals surface area contributed by atoms with Crippen LogP contribution in [0.5, 0.6) is 46.0 Å². The number of fused-ring (bicyclic) bond motifs is 4. The summed E-state index contributed by atoms with van der Waals surface area (Å²) in [5, 5.41) is 24.1. The standard InChI is InChI=1S/C18H18N2O5.C18H20N2O3.C18H22N2O2.C9H9ClO3.C9H10N2O2/c1-24-16-6-4-13(10-17(16)25-2)18(21)19-8-7-12-3-5-15(20(22)23)9-14(12)11-19;1-22-16-6-4-13(10-17(16)23-2)18(21)20-8-7-12-3-5-15(19)9-14(12)11-20;1-21-17-6-3-13(9-18(17)22-2)11-20-8-7-14-4-5-16(19)10-15(14)12-20;1-12-7-4-3-6(9(10)11)5-8(7)13-2;12-11(13)9-2-1-7-3-4-10-6-8(7)5-9/h3-6,9-10H,7-8,11H2,1-2H3;3-6,9-10H,7-8,11,19H2,1-2H3;3-6,9-10H,7-8,11-12,19H2,1-2H3;3-5H,1-2H3;1-2,5,10H,3-4,6H2. The Kier molecular flexibility index (Phi) is 25.2. The number of nitrogens with two attached hydrogens (primary N) is 2. The van der Waals surface area contributed by atoms with Crippen LogP contribution in [-0.2, 0) is 58.4 Å². The number of nitro groups is 2. The first-order valence-electron chi connectivity index (χ1n) is 30.7. The van der Waals surface area contributed by atoms with E-state index in [9.17, 15) is 34.6 Å². The number of carbonyl (C=O) groups excluding carboxylic acids is 3. The smallest absolute Gasteiger partial charge is 0.269 e. The Bertz CT molecular complexity index is 4050. The highest BCUT2D eigenvalue weighted by Gasteiger charge is 2.26. The average molecular weight is 1330 g/mol. The van der Waals surface area contributed by atoms with Crippen molar-refractivity contribution in [3.05, 3.63) is 233 Å². The molecule has 0 bridgehead atoms. The first kappa shape index (κ1) is 71.2. The zero-order valence-corrected chi connectivity index (χ0v) is 55.7. The molecule has 23 nitrogen and oxygen atoms in total. The quantitative estimate of drug-likeness (QED) is 0.0372. The van der Waals surface area contributed by atoms with Gasteiger partial charge < -0.3 is 64.5 Å². The van der Waals surface area contributed by atoms with E-state index in [2.05, 4.69) is 28.4 Å². The zero-order valence-electron chi connectivity index (χ0n) is 54.9. The van der Waals surface area contributed by atoms with Crippen molar-refractivity contribution in [1.82, 2.24) is 20.0 Å². The summed E-state index contributed by atoms with van der Waals surface area (Å²) in [6, 6.07) is 43.1. The van der Waals surface area contributed by atoms with Crippen LogP contribution in [-0.4, -0.2) is 125 Å². The van der Waals surface area contributed by atoms with Gasteiger partial charge in [0.15, 0.2) is 46.0 Å². The monoisotopic (exact) mass is 1330 g/mol. The van der Waals surface area contributed by atoms with Crippen molar-refractivity contribution < 1.29 is 62.1 Å². The predicted octanol–water partition coefficient (Wildman–Crippen LogP) is 11.5. The highest BCUT2D eigenvalue weighted by Crippen LogP contribution is 2.34. The number of amides is 2. The summed E-state index contributed by atoms with van der Waals surface area (Å²) in [4.78, 5) is 62.9. The molecular weight excluding hydrogens is 1250 g/mol. The van der Waals surface area contributed by atoms with E-state index in [0.717, 1.165) is 97.1 Å².